The molecule has 0 spiro atoms. The molecule has 0 aromatic heterocycles. The summed E-state index contributed by atoms with van der Waals surface area (Å²) in [7, 11) is 1.35. The first-order valence-corrected chi connectivity index (χ1v) is 6.99. The summed E-state index contributed by atoms with van der Waals surface area (Å²) in [6.07, 6.45) is -0.699. The van der Waals surface area contributed by atoms with E-state index < -0.39 is 6.09 Å². The zero-order valence-electron chi connectivity index (χ0n) is 11.8. The summed E-state index contributed by atoms with van der Waals surface area (Å²) in [4.78, 5) is 24.8. The lowest BCUT2D eigenvalue weighted by Crippen LogP contribution is -2.37. The van der Waals surface area contributed by atoms with Gasteiger partial charge < -0.3 is 19.7 Å². The smallest absolute Gasteiger partial charge is 0.410 e. The third kappa shape index (κ3) is 2.94. The fourth-order valence-corrected chi connectivity index (χ4v) is 2.90. The number of rotatable bonds is 3. The lowest BCUT2D eigenvalue weighted by Gasteiger charge is -2.19. The zero-order valence-corrected chi connectivity index (χ0v) is 11.8. The van der Waals surface area contributed by atoms with Crippen LogP contribution in [0.4, 0.5) is 9.59 Å². The normalized spacial score (nSPS) is 26.0. The maximum Gasteiger partial charge on any atom is 0.410 e. The van der Waals surface area contributed by atoms with Gasteiger partial charge in [0.05, 0.1) is 7.11 Å². The highest BCUT2D eigenvalue weighted by Crippen LogP contribution is 2.45. The van der Waals surface area contributed by atoms with Crippen LogP contribution in [0.15, 0.2) is 30.3 Å². The molecule has 1 heterocycles. The van der Waals surface area contributed by atoms with Crippen LogP contribution in [0.1, 0.15) is 5.56 Å². The minimum Gasteiger partial charge on any atom is -0.453 e. The minimum atomic E-state index is -0.410. The molecule has 1 aromatic rings. The van der Waals surface area contributed by atoms with Crippen molar-refractivity contribution >= 4 is 12.2 Å². The molecule has 2 amide bonds. The standard InChI is InChI=1S/C15H18N2O4/c1-20-14(18)16-13-11-7-17(8-12(11)13)15(19)21-9-10-5-3-2-4-6-10/h2-6,11-13H,7-9H2,1H3,(H,16,18)/t11-,12+,13+. The average Bonchev–Trinajstić information content (AvgIpc) is 2.96. The molecule has 6 nitrogen and oxygen atoms in total. The molecule has 1 aliphatic heterocycles. The van der Waals surface area contributed by atoms with Crippen LogP contribution in [-0.2, 0) is 16.1 Å². The Morgan fingerprint density at radius 3 is 2.52 bits per heavy atom. The SMILES string of the molecule is COC(=O)N[C@H]1[C@@H]2CN(C(=O)OCc3ccccc3)C[C@@H]21. The molecule has 1 aliphatic carbocycles. The molecular formula is C15H18N2O4. The van der Waals surface area contributed by atoms with Crippen molar-refractivity contribution in [3.05, 3.63) is 35.9 Å². The maximum atomic E-state index is 12.0. The number of piperidine rings is 1. The summed E-state index contributed by atoms with van der Waals surface area (Å²) in [6.45, 7) is 1.55. The predicted molar refractivity (Wildman–Crippen MR) is 74.5 cm³/mol. The van der Waals surface area contributed by atoms with E-state index >= 15 is 0 Å². The number of fused-ring (bicyclic) bond motifs is 1. The van der Waals surface area contributed by atoms with Crippen LogP contribution < -0.4 is 5.32 Å². The van der Waals surface area contributed by atoms with Gasteiger partial charge in [0, 0.05) is 31.0 Å². The molecule has 2 aliphatic rings. The molecule has 6 heteroatoms. The number of benzene rings is 1. The first-order chi connectivity index (χ1) is 10.2. The molecule has 0 bridgehead atoms. The van der Waals surface area contributed by atoms with Crippen LogP contribution in [0.5, 0.6) is 0 Å². The highest BCUT2D eigenvalue weighted by atomic mass is 16.6. The Kier molecular flexibility index (Phi) is 3.68. The van der Waals surface area contributed by atoms with Gasteiger partial charge in [0.15, 0.2) is 0 Å². The monoisotopic (exact) mass is 290 g/mol. The van der Waals surface area contributed by atoms with Crippen molar-refractivity contribution in [3.63, 3.8) is 0 Å². The van der Waals surface area contributed by atoms with Crippen molar-refractivity contribution in [1.82, 2.24) is 10.2 Å². The summed E-state index contributed by atoms with van der Waals surface area (Å²) >= 11 is 0. The number of hydrogen-bond acceptors (Lipinski definition) is 4. The number of hydrogen-bond donors (Lipinski definition) is 1. The number of methoxy groups -OCH3 is 1. The molecule has 1 N–H and O–H groups in total. The van der Waals surface area contributed by atoms with Gasteiger partial charge in [-0.05, 0) is 5.56 Å². The van der Waals surface area contributed by atoms with Gasteiger partial charge in [-0.2, -0.15) is 0 Å². The number of nitrogens with one attached hydrogen (secondary N) is 1. The van der Waals surface area contributed by atoms with Gasteiger partial charge in [-0.1, -0.05) is 30.3 Å². The Balaban J connectivity index is 1.42. The number of alkyl carbamates (subject to hydrolysis) is 1. The van der Waals surface area contributed by atoms with Gasteiger partial charge in [0.1, 0.15) is 6.61 Å². The molecule has 3 atom stereocenters. The Bertz CT molecular complexity index is 522. The second-order valence-corrected chi connectivity index (χ2v) is 5.43. The van der Waals surface area contributed by atoms with Crippen LogP contribution in [0, 0.1) is 11.8 Å². The Labute approximate surface area is 123 Å². The van der Waals surface area contributed by atoms with Crippen molar-refractivity contribution in [2.24, 2.45) is 11.8 Å². The van der Waals surface area contributed by atoms with Gasteiger partial charge in [0.25, 0.3) is 0 Å². The van der Waals surface area contributed by atoms with Gasteiger partial charge >= 0.3 is 12.2 Å². The minimum absolute atomic E-state index is 0.135. The summed E-state index contributed by atoms with van der Waals surface area (Å²) < 4.78 is 9.87. The quantitative estimate of drug-likeness (QED) is 0.918. The molecular weight excluding hydrogens is 272 g/mol. The molecule has 0 radical (unpaired) electrons. The molecule has 2 fully saturated rings. The lowest BCUT2D eigenvalue weighted by atomic mass is 10.2. The highest BCUT2D eigenvalue weighted by molar-refractivity contribution is 5.70. The van der Waals surface area contributed by atoms with Gasteiger partial charge in [-0.15, -0.1) is 0 Å². The van der Waals surface area contributed by atoms with Crippen molar-refractivity contribution in [2.75, 3.05) is 20.2 Å². The van der Waals surface area contributed by atoms with E-state index in [9.17, 15) is 9.59 Å². The van der Waals surface area contributed by atoms with Crippen molar-refractivity contribution < 1.29 is 19.1 Å². The summed E-state index contributed by atoms with van der Waals surface area (Å²) in [6, 6.07) is 9.73. The first-order valence-electron chi connectivity index (χ1n) is 6.99. The number of amides is 2. The summed E-state index contributed by atoms with van der Waals surface area (Å²) in [5.74, 6) is 0.654. The van der Waals surface area contributed by atoms with Gasteiger partial charge in [-0.3, -0.25) is 0 Å². The maximum absolute atomic E-state index is 12.0. The van der Waals surface area contributed by atoms with Crippen LogP contribution in [-0.4, -0.2) is 43.3 Å². The zero-order chi connectivity index (χ0) is 14.8. The van der Waals surface area contributed by atoms with Crippen molar-refractivity contribution in [3.8, 4) is 0 Å². The van der Waals surface area contributed by atoms with Crippen LogP contribution in [0.2, 0.25) is 0 Å². The molecule has 112 valence electrons. The van der Waals surface area contributed by atoms with Crippen LogP contribution in [0.25, 0.3) is 0 Å². The topological polar surface area (TPSA) is 67.9 Å². The fraction of sp³-hybridized carbons (Fsp3) is 0.467. The van der Waals surface area contributed by atoms with E-state index in [2.05, 4.69) is 10.1 Å². The largest absolute Gasteiger partial charge is 0.453 e. The van der Waals surface area contributed by atoms with Crippen molar-refractivity contribution in [1.29, 1.82) is 0 Å². The number of nitrogens with zero attached hydrogens (tertiary/aromatic N) is 1. The first kappa shape index (κ1) is 13.7. The van der Waals surface area contributed by atoms with E-state index in [0.29, 0.717) is 24.9 Å². The third-order valence-electron chi connectivity index (χ3n) is 4.13. The number of likely N-dealkylation sites (tertiary alicyclic amines) is 1. The third-order valence-corrected chi connectivity index (χ3v) is 4.13. The van der Waals surface area contributed by atoms with Crippen molar-refractivity contribution in [2.45, 2.75) is 12.6 Å². The predicted octanol–water partition coefficient (Wildman–Crippen LogP) is 1.61. The second kappa shape index (κ2) is 5.63. The van der Waals surface area contributed by atoms with Crippen LogP contribution >= 0.6 is 0 Å². The molecule has 0 unspecified atom stereocenters. The van der Waals surface area contributed by atoms with E-state index in [-0.39, 0.29) is 18.7 Å². The molecule has 1 aromatic carbocycles. The van der Waals surface area contributed by atoms with E-state index in [4.69, 9.17) is 4.74 Å². The molecule has 3 rings (SSSR count). The summed E-state index contributed by atoms with van der Waals surface area (Å²) in [5, 5.41) is 2.78. The fourth-order valence-electron chi connectivity index (χ4n) is 2.90. The number of carbonyl (C=O) groups excluding carboxylic acids is 2. The second-order valence-electron chi connectivity index (χ2n) is 5.43. The Hall–Kier alpha value is -2.24. The lowest BCUT2D eigenvalue weighted by molar-refractivity contribution is 0.0992. The molecule has 21 heavy (non-hydrogen) atoms. The van der Waals surface area contributed by atoms with E-state index in [0.717, 1.165) is 5.56 Å². The summed E-state index contributed by atoms with van der Waals surface area (Å²) in [5.41, 5.74) is 0.973. The Morgan fingerprint density at radius 2 is 1.90 bits per heavy atom. The molecule has 1 saturated carbocycles. The van der Waals surface area contributed by atoms with E-state index in [1.807, 2.05) is 30.3 Å². The average molecular weight is 290 g/mol. The van der Waals surface area contributed by atoms with Crippen LogP contribution in [0.3, 0.4) is 0 Å². The molecule has 1 saturated heterocycles. The highest BCUT2D eigenvalue weighted by Gasteiger charge is 2.57. The Morgan fingerprint density at radius 1 is 1.24 bits per heavy atom. The number of ether oxygens (including phenoxy) is 2. The van der Waals surface area contributed by atoms with E-state index in [1.165, 1.54) is 7.11 Å². The van der Waals surface area contributed by atoms with Gasteiger partial charge in [0.2, 0.25) is 0 Å². The van der Waals surface area contributed by atoms with Gasteiger partial charge in [-0.25, -0.2) is 9.59 Å². The van der Waals surface area contributed by atoms with E-state index in [1.54, 1.807) is 4.90 Å². The number of carbonyl (C=O) groups is 2.